The third kappa shape index (κ3) is 4.74. The molecule has 4 aromatic rings. The van der Waals surface area contributed by atoms with Gasteiger partial charge in [-0.1, -0.05) is 6.07 Å². The molecule has 1 amide bonds. The molecule has 0 saturated heterocycles. The molecule has 0 aliphatic heterocycles. The van der Waals surface area contributed by atoms with Crippen molar-refractivity contribution in [3.63, 3.8) is 0 Å². The van der Waals surface area contributed by atoms with Crippen LogP contribution in [0.15, 0.2) is 65.4 Å². The second-order valence-corrected chi connectivity index (χ2v) is 9.39. The number of carbonyl (C=O) groups is 1. The summed E-state index contributed by atoms with van der Waals surface area (Å²) in [5.74, 6) is 2.14. The van der Waals surface area contributed by atoms with E-state index in [2.05, 4.69) is 15.6 Å². The van der Waals surface area contributed by atoms with Crippen molar-refractivity contribution < 1.29 is 18.7 Å². The molecule has 1 aliphatic rings. The van der Waals surface area contributed by atoms with E-state index < -0.39 is 0 Å². The van der Waals surface area contributed by atoms with E-state index in [0.717, 1.165) is 47.6 Å². The topological polar surface area (TPSA) is 85.6 Å². The molecule has 0 fully saturated rings. The van der Waals surface area contributed by atoms with E-state index in [1.165, 1.54) is 16.7 Å². The van der Waals surface area contributed by atoms with Crippen molar-refractivity contribution in [2.45, 2.75) is 31.7 Å². The highest BCUT2D eigenvalue weighted by Crippen LogP contribution is 2.46. The fourth-order valence-electron chi connectivity index (χ4n) is 4.52. The second kappa shape index (κ2) is 10.2. The molecule has 35 heavy (non-hydrogen) atoms. The van der Waals surface area contributed by atoms with Gasteiger partial charge in [0, 0.05) is 28.3 Å². The van der Waals surface area contributed by atoms with Crippen LogP contribution in [0.2, 0.25) is 0 Å². The summed E-state index contributed by atoms with van der Waals surface area (Å²) in [5.41, 5.74) is 3.25. The van der Waals surface area contributed by atoms with E-state index in [4.69, 9.17) is 13.9 Å². The summed E-state index contributed by atoms with van der Waals surface area (Å²) < 4.78 is 16.6. The van der Waals surface area contributed by atoms with Crippen molar-refractivity contribution >= 4 is 28.1 Å². The first kappa shape index (κ1) is 23.0. The van der Waals surface area contributed by atoms with Crippen LogP contribution in [0.5, 0.6) is 11.5 Å². The number of methoxy groups -OCH3 is 2. The highest BCUT2D eigenvalue weighted by molar-refractivity contribution is 7.16. The number of furan rings is 1. The van der Waals surface area contributed by atoms with Gasteiger partial charge in [0.1, 0.15) is 22.3 Å². The lowest BCUT2D eigenvalue weighted by atomic mass is 9.89. The molecule has 1 atom stereocenters. The summed E-state index contributed by atoms with van der Waals surface area (Å²) in [6.07, 6.45) is 7.47. The lowest BCUT2D eigenvalue weighted by molar-refractivity contribution is 0.0997. The van der Waals surface area contributed by atoms with Crippen molar-refractivity contribution in [3.8, 4) is 11.5 Å². The Bertz CT molecular complexity index is 1300. The molecule has 180 valence electrons. The maximum Gasteiger partial charge on any atom is 0.291 e. The van der Waals surface area contributed by atoms with Gasteiger partial charge in [-0.3, -0.25) is 4.79 Å². The zero-order valence-corrected chi connectivity index (χ0v) is 20.5. The smallest absolute Gasteiger partial charge is 0.291 e. The lowest BCUT2D eigenvalue weighted by Gasteiger charge is -2.25. The molecule has 1 aliphatic carbocycles. The SMILES string of the molecule is COc1ccc([C@H](Nc2ccccn2)c2c(NC(=O)c3ccco3)sc3c2CCCC3)c(OC)c1. The highest BCUT2D eigenvalue weighted by atomic mass is 32.1. The summed E-state index contributed by atoms with van der Waals surface area (Å²) in [7, 11) is 3.29. The summed E-state index contributed by atoms with van der Waals surface area (Å²) >= 11 is 1.64. The molecule has 3 heterocycles. The van der Waals surface area contributed by atoms with Crippen LogP contribution in [-0.4, -0.2) is 25.1 Å². The maximum atomic E-state index is 13.0. The molecule has 0 bridgehead atoms. The van der Waals surface area contributed by atoms with Gasteiger partial charge in [-0.2, -0.15) is 0 Å². The van der Waals surface area contributed by atoms with Crippen LogP contribution in [0.4, 0.5) is 10.8 Å². The molecule has 0 spiro atoms. The van der Waals surface area contributed by atoms with Crippen molar-refractivity contribution in [1.82, 2.24) is 4.98 Å². The van der Waals surface area contributed by atoms with Gasteiger partial charge in [-0.15, -0.1) is 11.3 Å². The molecular formula is C27H27N3O4S. The van der Waals surface area contributed by atoms with E-state index >= 15 is 0 Å². The maximum absolute atomic E-state index is 13.0. The molecule has 1 aromatic carbocycles. The minimum Gasteiger partial charge on any atom is -0.497 e. The third-order valence-electron chi connectivity index (χ3n) is 6.18. The Morgan fingerprint density at radius 3 is 2.71 bits per heavy atom. The number of aromatic nitrogens is 1. The summed E-state index contributed by atoms with van der Waals surface area (Å²) in [6.45, 7) is 0. The number of ether oxygens (including phenoxy) is 2. The van der Waals surface area contributed by atoms with Crippen LogP contribution in [0.25, 0.3) is 0 Å². The number of anilines is 2. The number of aryl methyl sites for hydroxylation is 1. The lowest BCUT2D eigenvalue weighted by Crippen LogP contribution is -2.19. The van der Waals surface area contributed by atoms with E-state index in [1.54, 1.807) is 43.9 Å². The monoisotopic (exact) mass is 489 g/mol. The summed E-state index contributed by atoms with van der Waals surface area (Å²) in [4.78, 5) is 18.8. The van der Waals surface area contributed by atoms with Gasteiger partial charge in [-0.25, -0.2) is 4.98 Å². The van der Waals surface area contributed by atoms with Gasteiger partial charge < -0.3 is 24.5 Å². The number of carbonyl (C=O) groups excluding carboxylic acids is 1. The number of hydrogen-bond acceptors (Lipinski definition) is 7. The van der Waals surface area contributed by atoms with Crippen LogP contribution in [0, 0.1) is 0 Å². The predicted molar refractivity (Wildman–Crippen MR) is 137 cm³/mol. The first-order valence-electron chi connectivity index (χ1n) is 11.6. The van der Waals surface area contributed by atoms with Crippen LogP contribution in [0.3, 0.4) is 0 Å². The summed E-state index contributed by atoms with van der Waals surface area (Å²) in [6, 6.07) is 14.6. The zero-order chi connectivity index (χ0) is 24.2. The number of fused-ring (bicyclic) bond motifs is 1. The molecule has 7 nitrogen and oxygen atoms in total. The largest absolute Gasteiger partial charge is 0.497 e. The van der Waals surface area contributed by atoms with Crippen LogP contribution in [-0.2, 0) is 12.8 Å². The Labute approximate surface area is 208 Å². The third-order valence-corrected chi connectivity index (χ3v) is 7.40. The van der Waals surface area contributed by atoms with E-state index in [0.29, 0.717) is 11.5 Å². The summed E-state index contributed by atoms with van der Waals surface area (Å²) in [5, 5.41) is 7.54. The van der Waals surface area contributed by atoms with Gasteiger partial charge in [0.25, 0.3) is 5.91 Å². The standard InChI is InChI=1S/C27H27N3O4S/c1-32-17-12-13-18(21(16-17)33-2)25(29-23-11-5-6-14-28-23)24-19-8-3-4-10-22(19)35-27(24)30-26(31)20-9-7-15-34-20/h5-7,9,11-16,25H,3-4,8,10H2,1-2H3,(H,28,29)(H,30,31)/t25-/m0/s1. The molecule has 0 unspecified atom stereocenters. The number of amides is 1. The van der Waals surface area contributed by atoms with Gasteiger partial charge in [0.05, 0.1) is 26.5 Å². The van der Waals surface area contributed by atoms with Gasteiger partial charge >= 0.3 is 0 Å². The average Bonchev–Trinajstić information content (AvgIpc) is 3.56. The van der Waals surface area contributed by atoms with Crippen molar-refractivity contribution in [3.05, 3.63) is 88.3 Å². The molecule has 3 aromatic heterocycles. The number of thiophene rings is 1. The fraction of sp³-hybridized carbons (Fsp3) is 0.259. The number of hydrogen-bond donors (Lipinski definition) is 2. The molecule has 5 rings (SSSR count). The van der Waals surface area contributed by atoms with Crippen LogP contribution < -0.4 is 20.1 Å². The Kier molecular flexibility index (Phi) is 6.72. The quantitative estimate of drug-likeness (QED) is 0.312. The van der Waals surface area contributed by atoms with Crippen molar-refractivity contribution in [1.29, 1.82) is 0 Å². The highest BCUT2D eigenvalue weighted by Gasteiger charge is 2.31. The van der Waals surface area contributed by atoms with Gasteiger partial charge in [-0.05, 0) is 67.6 Å². The van der Waals surface area contributed by atoms with E-state index in [9.17, 15) is 4.79 Å². The van der Waals surface area contributed by atoms with Crippen molar-refractivity contribution in [2.75, 3.05) is 24.9 Å². The first-order valence-corrected chi connectivity index (χ1v) is 12.4. The first-order chi connectivity index (χ1) is 17.2. The van der Waals surface area contributed by atoms with Crippen molar-refractivity contribution in [2.24, 2.45) is 0 Å². The Balaban J connectivity index is 1.65. The number of benzene rings is 1. The van der Waals surface area contributed by atoms with Gasteiger partial charge in [0.2, 0.25) is 0 Å². The Morgan fingerprint density at radius 1 is 1.09 bits per heavy atom. The predicted octanol–water partition coefficient (Wildman–Crippen LogP) is 6.09. The molecular weight excluding hydrogens is 462 g/mol. The second-order valence-electron chi connectivity index (χ2n) is 8.29. The van der Waals surface area contributed by atoms with Gasteiger partial charge in [0.15, 0.2) is 5.76 Å². The number of rotatable bonds is 8. The minimum absolute atomic E-state index is 0.270. The Morgan fingerprint density at radius 2 is 1.97 bits per heavy atom. The molecule has 2 N–H and O–H groups in total. The van der Waals surface area contributed by atoms with Crippen LogP contribution in [0.1, 0.15) is 51.0 Å². The zero-order valence-electron chi connectivity index (χ0n) is 19.7. The number of nitrogens with one attached hydrogen (secondary N) is 2. The average molecular weight is 490 g/mol. The molecule has 0 radical (unpaired) electrons. The Hall–Kier alpha value is -3.78. The molecule has 0 saturated carbocycles. The number of nitrogens with zero attached hydrogens (tertiary/aromatic N) is 1. The van der Waals surface area contributed by atoms with E-state index in [-0.39, 0.29) is 17.7 Å². The molecule has 8 heteroatoms. The minimum atomic E-state index is -0.309. The van der Waals surface area contributed by atoms with Crippen LogP contribution >= 0.6 is 11.3 Å². The number of pyridine rings is 1. The fourth-order valence-corrected chi connectivity index (χ4v) is 5.84. The normalized spacial score (nSPS) is 13.5. The van der Waals surface area contributed by atoms with E-state index in [1.807, 2.05) is 36.4 Å².